The molecule has 2 saturated carbocycles. The second-order valence-corrected chi connectivity index (χ2v) is 8.83. The van der Waals surface area contributed by atoms with Gasteiger partial charge in [0.05, 0.1) is 0 Å². The highest BCUT2D eigenvalue weighted by atomic mass is 16.1. The molecule has 0 aromatic rings. The summed E-state index contributed by atoms with van der Waals surface area (Å²) in [6.07, 6.45) is 11.7. The molecule has 5 atom stereocenters. The highest BCUT2D eigenvalue weighted by Gasteiger charge is 2.57. The zero-order valence-corrected chi connectivity index (χ0v) is 14.7. The predicted octanol–water partition coefficient (Wildman–Crippen LogP) is 4.64. The van der Waals surface area contributed by atoms with Crippen molar-refractivity contribution < 1.29 is 9.59 Å². The predicted molar refractivity (Wildman–Crippen MR) is 90.9 cm³/mol. The fraction of sp³-hybridized carbons (Fsp3) is 0.714. The van der Waals surface area contributed by atoms with Crippen LogP contribution in [0.25, 0.3) is 0 Å². The molecule has 124 valence electrons. The first-order valence-electron chi connectivity index (χ1n) is 9.32. The number of allylic oxidation sites excluding steroid dienone is 4. The van der Waals surface area contributed by atoms with Gasteiger partial charge in [-0.05, 0) is 85.7 Å². The molecule has 0 N–H and O–H groups in total. The van der Waals surface area contributed by atoms with Crippen molar-refractivity contribution >= 4 is 11.6 Å². The number of hydrogen-bond acceptors (Lipinski definition) is 2. The van der Waals surface area contributed by atoms with Crippen molar-refractivity contribution in [2.24, 2.45) is 28.6 Å². The fourth-order valence-electron chi connectivity index (χ4n) is 6.67. The Bertz CT molecular complexity index is 640. The normalized spacial score (nSPS) is 45.5. The molecule has 0 spiro atoms. The molecule has 4 rings (SSSR count). The molecule has 4 aliphatic rings. The SMILES string of the molecule is CC(=O)C1=CC[C@H]2[C@H]3CCC4=CC(=O)CC[C@]4(C)[C@H]3CC[C@]12C. The smallest absolute Gasteiger partial charge is 0.156 e. The van der Waals surface area contributed by atoms with Crippen LogP contribution in [0.15, 0.2) is 23.3 Å². The number of carbonyl (C=O) groups is 2. The Kier molecular flexibility index (Phi) is 3.28. The molecule has 2 heteroatoms. The van der Waals surface area contributed by atoms with Gasteiger partial charge in [-0.3, -0.25) is 9.59 Å². The summed E-state index contributed by atoms with van der Waals surface area (Å²) in [6.45, 7) is 6.49. The molecule has 0 radical (unpaired) electrons. The number of carbonyl (C=O) groups excluding carboxylic acids is 2. The molecule has 0 aromatic carbocycles. The highest BCUT2D eigenvalue weighted by Crippen LogP contribution is 2.65. The van der Waals surface area contributed by atoms with Crippen molar-refractivity contribution in [2.75, 3.05) is 0 Å². The summed E-state index contributed by atoms with van der Waals surface area (Å²) < 4.78 is 0. The van der Waals surface area contributed by atoms with Gasteiger partial charge in [-0.1, -0.05) is 25.5 Å². The Hall–Kier alpha value is -1.18. The second kappa shape index (κ2) is 4.91. The van der Waals surface area contributed by atoms with E-state index in [1.807, 2.05) is 6.08 Å². The first kappa shape index (κ1) is 15.4. The zero-order chi connectivity index (χ0) is 16.4. The van der Waals surface area contributed by atoms with Crippen LogP contribution < -0.4 is 0 Å². The number of rotatable bonds is 1. The molecule has 0 bridgehead atoms. The molecule has 0 heterocycles. The lowest BCUT2D eigenvalue weighted by Crippen LogP contribution is -2.50. The third kappa shape index (κ3) is 1.99. The largest absolute Gasteiger partial charge is 0.295 e. The molecular weight excluding hydrogens is 284 g/mol. The Labute approximate surface area is 139 Å². The van der Waals surface area contributed by atoms with E-state index < -0.39 is 0 Å². The minimum Gasteiger partial charge on any atom is -0.295 e. The summed E-state index contributed by atoms with van der Waals surface area (Å²) in [5.74, 6) is 2.67. The zero-order valence-electron chi connectivity index (χ0n) is 14.7. The fourth-order valence-corrected chi connectivity index (χ4v) is 6.67. The summed E-state index contributed by atoms with van der Waals surface area (Å²) in [5.41, 5.74) is 2.87. The maximum atomic E-state index is 12.1. The van der Waals surface area contributed by atoms with Gasteiger partial charge in [0.15, 0.2) is 11.6 Å². The molecule has 2 nitrogen and oxygen atoms in total. The lowest BCUT2D eigenvalue weighted by Gasteiger charge is -2.57. The summed E-state index contributed by atoms with van der Waals surface area (Å²) in [6, 6.07) is 0. The minimum absolute atomic E-state index is 0.106. The van der Waals surface area contributed by atoms with E-state index in [9.17, 15) is 9.59 Å². The van der Waals surface area contributed by atoms with Crippen LogP contribution in [0.4, 0.5) is 0 Å². The molecule has 0 unspecified atom stereocenters. The lowest BCUT2D eigenvalue weighted by atomic mass is 9.47. The third-order valence-electron chi connectivity index (χ3n) is 7.92. The van der Waals surface area contributed by atoms with E-state index in [-0.39, 0.29) is 16.6 Å². The first-order chi connectivity index (χ1) is 10.9. The van der Waals surface area contributed by atoms with Gasteiger partial charge in [0.1, 0.15) is 0 Å². The van der Waals surface area contributed by atoms with E-state index in [1.54, 1.807) is 6.92 Å². The Morgan fingerprint density at radius 2 is 1.87 bits per heavy atom. The maximum absolute atomic E-state index is 12.1. The van der Waals surface area contributed by atoms with Crippen LogP contribution in [0.3, 0.4) is 0 Å². The Balaban J connectivity index is 1.68. The van der Waals surface area contributed by atoms with Gasteiger partial charge in [-0.25, -0.2) is 0 Å². The molecular formula is C21H28O2. The van der Waals surface area contributed by atoms with Gasteiger partial charge in [-0.2, -0.15) is 0 Å². The molecule has 0 amide bonds. The van der Waals surface area contributed by atoms with E-state index in [4.69, 9.17) is 0 Å². The summed E-state index contributed by atoms with van der Waals surface area (Å²) in [4.78, 5) is 23.9. The van der Waals surface area contributed by atoms with Crippen LogP contribution in [0, 0.1) is 28.6 Å². The van der Waals surface area contributed by atoms with Crippen LogP contribution in [0.2, 0.25) is 0 Å². The van der Waals surface area contributed by atoms with Crippen molar-refractivity contribution in [3.8, 4) is 0 Å². The Morgan fingerprint density at radius 1 is 1.09 bits per heavy atom. The van der Waals surface area contributed by atoms with Crippen LogP contribution >= 0.6 is 0 Å². The quantitative estimate of drug-likeness (QED) is 0.706. The number of hydrogen-bond donors (Lipinski definition) is 0. The average Bonchev–Trinajstić information content (AvgIpc) is 2.85. The van der Waals surface area contributed by atoms with Crippen LogP contribution in [0.5, 0.6) is 0 Å². The van der Waals surface area contributed by atoms with Gasteiger partial charge in [0.2, 0.25) is 0 Å². The Morgan fingerprint density at radius 3 is 2.61 bits per heavy atom. The van der Waals surface area contributed by atoms with E-state index in [2.05, 4.69) is 19.9 Å². The lowest BCUT2D eigenvalue weighted by molar-refractivity contribution is -0.118. The number of fused-ring (bicyclic) bond motifs is 5. The molecule has 0 aromatic heterocycles. The average molecular weight is 312 g/mol. The van der Waals surface area contributed by atoms with Gasteiger partial charge in [0, 0.05) is 6.42 Å². The summed E-state index contributed by atoms with van der Waals surface area (Å²) >= 11 is 0. The third-order valence-corrected chi connectivity index (χ3v) is 7.92. The highest BCUT2D eigenvalue weighted by molar-refractivity contribution is 5.95. The van der Waals surface area contributed by atoms with E-state index in [1.165, 1.54) is 18.4 Å². The number of ketones is 2. The van der Waals surface area contributed by atoms with E-state index in [0.717, 1.165) is 43.6 Å². The summed E-state index contributed by atoms with van der Waals surface area (Å²) in [7, 11) is 0. The summed E-state index contributed by atoms with van der Waals surface area (Å²) in [5, 5.41) is 0. The van der Waals surface area contributed by atoms with Crippen LogP contribution in [0.1, 0.15) is 65.7 Å². The molecule has 0 saturated heterocycles. The van der Waals surface area contributed by atoms with Gasteiger partial charge in [0.25, 0.3) is 0 Å². The van der Waals surface area contributed by atoms with Crippen molar-refractivity contribution in [1.29, 1.82) is 0 Å². The topological polar surface area (TPSA) is 34.1 Å². The second-order valence-electron chi connectivity index (χ2n) is 8.83. The van der Waals surface area contributed by atoms with Gasteiger partial charge < -0.3 is 0 Å². The molecule has 2 fully saturated rings. The van der Waals surface area contributed by atoms with E-state index in [0.29, 0.717) is 17.6 Å². The molecule has 4 aliphatic carbocycles. The van der Waals surface area contributed by atoms with Crippen molar-refractivity contribution in [1.82, 2.24) is 0 Å². The van der Waals surface area contributed by atoms with Crippen molar-refractivity contribution in [2.45, 2.75) is 65.7 Å². The standard InChI is InChI=1S/C21H28O2/c1-13(22)17-6-7-18-16-5-4-14-12-15(23)8-10-20(14,2)19(16)9-11-21(17,18)3/h6,12,16,18-19H,4-5,7-11H2,1-3H3/t16-,18+,19+,20+,21-/m1/s1. The van der Waals surface area contributed by atoms with Crippen molar-refractivity contribution in [3.05, 3.63) is 23.3 Å². The van der Waals surface area contributed by atoms with Crippen LogP contribution in [-0.2, 0) is 9.59 Å². The van der Waals surface area contributed by atoms with Crippen LogP contribution in [-0.4, -0.2) is 11.6 Å². The minimum atomic E-state index is 0.106. The molecule has 23 heavy (non-hydrogen) atoms. The van der Waals surface area contributed by atoms with E-state index >= 15 is 0 Å². The first-order valence-corrected chi connectivity index (χ1v) is 9.32. The van der Waals surface area contributed by atoms with Crippen molar-refractivity contribution in [3.63, 3.8) is 0 Å². The maximum Gasteiger partial charge on any atom is 0.156 e. The monoisotopic (exact) mass is 312 g/mol. The van der Waals surface area contributed by atoms with Gasteiger partial charge >= 0.3 is 0 Å². The molecule has 0 aliphatic heterocycles. The number of Topliss-reactive ketones (excluding diaryl/α,β-unsaturated/α-hetero) is 1. The van der Waals surface area contributed by atoms with Gasteiger partial charge in [-0.15, -0.1) is 0 Å².